The highest BCUT2D eigenvalue weighted by molar-refractivity contribution is 9.10. The van der Waals surface area contributed by atoms with Crippen molar-refractivity contribution >= 4 is 21.8 Å². The van der Waals surface area contributed by atoms with Crippen LogP contribution in [0.1, 0.15) is 6.92 Å². The maximum absolute atomic E-state index is 12.0. The molecule has 1 rings (SSSR count). The van der Waals surface area contributed by atoms with Gasteiger partial charge < -0.3 is 14.8 Å². The minimum absolute atomic E-state index is 0.0907. The molecule has 19 heavy (non-hydrogen) atoms. The predicted molar refractivity (Wildman–Crippen MR) is 65.0 cm³/mol. The van der Waals surface area contributed by atoms with Crippen molar-refractivity contribution in [2.24, 2.45) is 0 Å². The SMILES string of the molecule is CCNC(=O)COc1cc(OC(F)(F)F)ccc1Br. The fourth-order valence-electron chi connectivity index (χ4n) is 1.18. The molecule has 0 aliphatic carbocycles. The standard InChI is InChI=1S/C11H11BrF3NO3/c1-2-16-10(17)6-18-9-5-7(3-4-8(9)12)19-11(13,14)15/h3-5H,2,6H2,1H3,(H,16,17). The van der Waals surface area contributed by atoms with Crippen LogP contribution < -0.4 is 14.8 Å². The third-order valence-corrected chi connectivity index (χ3v) is 2.52. The smallest absolute Gasteiger partial charge is 0.482 e. The van der Waals surface area contributed by atoms with Gasteiger partial charge in [-0.05, 0) is 35.0 Å². The molecular formula is C11H11BrF3NO3. The highest BCUT2D eigenvalue weighted by Gasteiger charge is 2.31. The lowest BCUT2D eigenvalue weighted by atomic mass is 10.3. The van der Waals surface area contributed by atoms with Gasteiger partial charge in [-0.1, -0.05) is 0 Å². The first kappa shape index (κ1) is 15.6. The van der Waals surface area contributed by atoms with Crippen molar-refractivity contribution < 1.29 is 27.4 Å². The molecule has 0 aliphatic heterocycles. The largest absolute Gasteiger partial charge is 0.573 e. The first-order valence-corrected chi connectivity index (χ1v) is 6.06. The quantitative estimate of drug-likeness (QED) is 0.895. The van der Waals surface area contributed by atoms with E-state index in [1.165, 1.54) is 6.07 Å². The molecule has 106 valence electrons. The van der Waals surface area contributed by atoms with E-state index < -0.39 is 12.1 Å². The van der Waals surface area contributed by atoms with Crippen LogP contribution in [0.2, 0.25) is 0 Å². The van der Waals surface area contributed by atoms with E-state index >= 15 is 0 Å². The van der Waals surface area contributed by atoms with Gasteiger partial charge in [-0.3, -0.25) is 4.79 Å². The molecule has 0 spiro atoms. The maximum Gasteiger partial charge on any atom is 0.573 e. The lowest BCUT2D eigenvalue weighted by Gasteiger charge is -2.12. The molecule has 0 atom stereocenters. The third-order valence-electron chi connectivity index (χ3n) is 1.87. The molecule has 1 aromatic rings. The molecule has 1 N–H and O–H groups in total. The zero-order chi connectivity index (χ0) is 14.5. The monoisotopic (exact) mass is 341 g/mol. The molecule has 0 saturated heterocycles. The van der Waals surface area contributed by atoms with Crippen LogP contribution in [0.15, 0.2) is 22.7 Å². The second kappa shape index (κ2) is 6.65. The first-order valence-electron chi connectivity index (χ1n) is 5.26. The van der Waals surface area contributed by atoms with E-state index in [1.807, 2.05) is 0 Å². The number of hydrogen-bond acceptors (Lipinski definition) is 3. The highest BCUT2D eigenvalue weighted by Crippen LogP contribution is 2.32. The molecule has 0 bridgehead atoms. The fraction of sp³-hybridized carbons (Fsp3) is 0.364. The second-order valence-electron chi connectivity index (χ2n) is 3.38. The number of halogens is 4. The van der Waals surface area contributed by atoms with Crippen molar-refractivity contribution in [2.75, 3.05) is 13.2 Å². The predicted octanol–water partition coefficient (Wildman–Crippen LogP) is 2.86. The Bertz CT molecular complexity index is 451. The second-order valence-corrected chi connectivity index (χ2v) is 4.24. The zero-order valence-corrected chi connectivity index (χ0v) is 11.5. The number of carbonyl (C=O) groups is 1. The van der Waals surface area contributed by atoms with Gasteiger partial charge in [0.05, 0.1) is 4.47 Å². The summed E-state index contributed by atoms with van der Waals surface area (Å²) in [7, 11) is 0. The Balaban J connectivity index is 2.72. The van der Waals surface area contributed by atoms with Crippen LogP contribution in [-0.4, -0.2) is 25.4 Å². The number of carbonyl (C=O) groups excluding carboxylic acids is 1. The molecule has 0 heterocycles. The molecule has 1 aromatic carbocycles. The van der Waals surface area contributed by atoms with Crippen LogP contribution in [0.4, 0.5) is 13.2 Å². The van der Waals surface area contributed by atoms with Gasteiger partial charge in [-0.25, -0.2) is 0 Å². The van der Waals surface area contributed by atoms with Gasteiger partial charge >= 0.3 is 6.36 Å². The van der Waals surface area contributed by atoms with Gasteiger partial charge in [0.1, 0.15) is 11.5 Å². The molecule has 8 heteroatoms. The average molecular weight is 342 g/mol. The summed E-state index contributed by atoms with van der Waals surface area (Å²) in [5, 5.41) is 2.50. The molecule has 0 saturated carbocycles. The summed E-state index contributed by atoms with van der Waals surface area (Å²) in [6, 6.07) is 3.53. The lowest BCUT2D eigenvalue weighted by Crippen LogP contribution is -2.28. The van der Waals surface area contributed by atoms with Crippen molar-refractivity contribution in [1.29, 1.82) is 0 Å². The van der Waals surface area contributed by atoms with Gasteiger partial charge in [-0.15, -0.1) is 13.2 Å². The van der Waals surface area contributed by atoms with Crippen LogP contribution in [0.25, 0.3) is 0 Å². The van der Waals surface area contributed by atoms with E-state index in [1.54, 1.807) is 6.92 Å². The topological polar surface area (TPSA) is 47.6 Å². The van der Waals surface area contributed by atoms with Gasteiger partial charge in [0.25, 0.3) is 5.91 Å². The van der Waals surface area contributed by atoms with E-state index in [0.717, 1.165) is 12.1 Å². The Morgan fingerprint density at radius 1 is 1.42 bits per heavy atom. The maximum atomic E-state index is 12.0. The van der Waals surface area contributed by atoms with Crippen molar-refractivity contribution in [3.05, 3.63) is 22.7 Å². The van der Waals surface area contributed by atoms with Crippen LogP contribution in [0.3, 0.4) is 0 Å². The average Bonchev–Trinajstić information content (AvgIpc) is 2.28. The Hall–Kier alpha value is -1.44. The number of amides is 1. The van der Waals surface area contributed by atoms with E-state index in [9.17, 15) is 18.0 Å². The number of rotatable bonds is 5. The number of likely N-dealkylation sites (N-methyl/N-ethyl adjacent to an activating group) is 1. The van der Waals surface area contributed by atoms with Crippen molar-refractivity contribution in [1.82, 2.24) is 5.32 Å². The first-order chi connectivity index (χ1) is 8.81. The molecule has 0 aliphatic rings. The summed E-state index contributed by atoms with van der Waals surface area (Å²) in [5.74, 6) is -0.689. The minimum atomic E-state index is -4.77. The van der Waals surface area contributed by atoms with Crippen molar-refractivity contribution in [3.8, 4) is 11.5 Å². The van der Waals surface area contributed by atoms with Crippen molar-refractivity contribution in [2.45, 2.75) is 13.3 Å². The Morgan fingerprint density at radius 3 is 2.68 bits per heavy atom. The molecular weight excluding hydrogens is 331 g/mol. The Kier molecular flexibility index (Phi) is 5.46. The number of benzene rings is 1. The van der Waals surface area contributed by atoms with Gasteiger partial charge in [0.15, 0.2) is 6.61 Å². The molecule has 4 nitrogen and oxygen atoms in total. The number of alkyl halides is 3. The zero-order valence-electron chi connectivity index (χ0n) is 9.88. The van der Waals surface area contributed by atoms with Crippen LogP contribution in [-0.2, 0) is 4.79 Å². The summed E-state index contributed by atoms with van der Waals surface area (Å²) in [4.78, 5) is 11.2. The fourth-order valence-corrected chi connectivity index (χ4v) is 1.54. The third kappa shape index (κ3) is 5.82. The summed E-state index contributed by atoms with van der Waals surface area (Å²) >= 11 is 3.11. The van der Waals surface area contributed by atoms with Crippen LogP contribution in [0, 0.1) is 0 Å². The lowest BCUT2D eigenvalue weighted by molar-refractivity contribution is -0.274. The van der Waals surface area contributed by atoms with E-state index in [2.05, 4.69) is 26.0 Å². The van der Waals surface area contributed by atoms with Crippen molar-refractivity contribution in [3.63, 3.8) is 0 Å². The minimum Gasteiger partial charge on any atom is -0.482 e. The number of ether oxygens (including phenoxy) is 2. The molecule has 0 unspecified atom stereocenters. The molecule has 0 radical (unpaired) electrons. The Labute approximate surface area is 116 Å². The summed E-state index contributed by atoms with van der Waals surface area (Å²) < 4.78 is 45.4. The summed E-state index contributed by atoms with van der Waals surface area (Å²) in [6.45, 7) is 1.90. The van der Waals surface area contributed by atoms with Gasteiger partial charge in [-0.2, -0.15) is 0 Å². The number of nitrogens with one attached hydrogen (secondary N) is 1. The molecule has 1 amide bonds. The van der Waals surface area contributed by atoms with Gasteiger partial charge in [0.2, 0.25) is 0 Å². The van der Waals surface area contributed by atoms with E-state index in [0.29, 0.717) is 11.0 Å². The molecule has 0 aromatic heterocycles. The number of hydrogen-bond donors (Lipinski definition) is 1. The highest BCUT2D eigenvalue weighted by atomic mass is 79.9. The van der Waals surface area contributed by atoms with Crippen LogP contribution >= 0.6 is 15.9 Å². The van der Waals surface area contributed by atoms with Crippen LogP contribution in [0.5, 0.6) is 11.5 Å². The Morgan fingerprint density at radius 2 is 2.11 bits per heavy atom. The van der Waals surface area contributed by atoms with E-state index in [4.69, 9.17) is 4.74 Å². The van der Waals surface area contributed by atoms with Gasteiger partial charge in [0, 0.05) is 12.6 Å². The van der Waals surface area contributed by atoms with E-state index in [-0.39, 0.29) is 18.3 Å². The summed E-state index contributed by atoms with van der Waals surface area (Å²) in [6.07, 6.45) is -4.77. The molecule has 0 fully saturated rings. The normalized spacial score (nSPS) is 11.0. The summed E-state index contributed by atoms with van der Waals surface area (Å²) in [5.41, 5.74) is 0.